The van der Waals surface area contributed by atoms with Gasteiger partial charge in [-0.3, -0.25) is 0 Å². The Bertz CT molecular complexity index is 617. The highest BCUT2D eigenvalue weighted by Gasteiger charge is 2.20. The van der Waals surface area contributed by atoms with Crippen molar-refractivity contribution < 1.29 is 24.3 Å². The standard InChI is InChI=1S/C11H17NO.C7H5FO2/c1-9(12(2)3)11(13)10-7-5-4-6-8-10;8-6-3-1-2-5(4-6)7(9)10/h4-9,11,13H,1-3H3;1-4H,(H,9,10)/t9-,11-;/m1./s1. The molecule has 0 spiro atoms. The zero-order valence-electron chi connectivity index (χ0n) is 13.5. The first kappa shape index (κ1) is 18.8. The second-order valence-corrected chi connectivity index (χ2v) is 5.52. The van der Waals surface area contributed by atoms with E-state index in [4.69, 9.17) is 0 Å². The number of carbonyl (C=O) groups is 1. The SMILES string of the molecule is C[C@H]([C@@H](O)c1ccccc1)[NH+](C)C.O=C([O-])c1cccc(F)c1. The van der Waals surface area contributed by atoms with Crippen molar-refractivity contribution in [1.29, 1.82) is 0 Å². The Kier molecular flexibility index (Phi) is 7.38. The van der Waals surface area contributed by atoms with Gasteiger partial charge < -0.3 is 19.9 Å². The molecule has 0 unspecified atom stereocenters. The number of nitrogens with one attached hydrogen (secondary N) is 1. The molecule has 4 nitrogen and oxygen atoms in total. The van der Waals surface area contributed by atoms with Gasteiger partial charge in [-0.25, -0.2) is 4.39 Å². The molecule has 0 aliphatic carbocycles. The third-order valence-corrected chi connectivity index (χ3v) is 3.59. The Labute approximate surface area is 135 Å². The van der Waals surface area contributed by atoms with E-state index in [1.165, 1.54) is 23.1 Å². The van der Waals surface area contributed by atoms with E-state index in [-0.39, 0.29) is 17.7 Å². The van der Waals surface area contributed by atoms with E-state index >= 15 is 0 Å². The van der Waals surface area contributed by atoms with E-state index in [0.717, 1.165) is 11.6 Å². The Morgan fingerprint density at radius 3 is 2.17 bits per heavy atom. The van der Waals surface area contributed by atoms with Gasteiger partial charge in [0.2, 0.25) is 0 Å². The van der Waals surface area contributed by atoms with E-state index in [1.807, 2.05) is 37.3 Å². The number of aliphatic hydroxyl groups is 1. The number of hydrogen-bond acceptors (Lipinski definition) is 3. The molecule has 124 valence electrons. The lowest BCUT2D eigenvalue weighted by Crippen LogP contribution is -3.10. The van der Waals surface area contributed by atoms with Crippen LogP contribution in [0.1, 0.15) is 28.9 Å². The number of likely N-dealkylation sites (N-methyl/N-ethyl adjacent to an activating group) is 1. The van der Waals surface area contributed by atoms with Crippen LogP contribution in [0.2, 0.25) is 0 Å². The lowest BCUT2D eigenvalue weighted by atomic mass is 10.0. The Balaban J connectivity index is 0.000000238. The van der Waals surface area contributed by atoms with Crippen LogP contribution in [0.15, 0.2) is 54.6 Å². The van der Waals surface area contributed by atoms with Gasteiger partial charge in [-0.2, -0.15) is 0 Å². The quantitative estimate of drug-likeness (QED) is 0.860. The third-order valence-electron chi connectivity index (χ3n) is 3.59. The van der Waals surface area contributed by atoms with Crippen molar-refractivity contribution in [2.75, 3.05) is 14.1 Å². The van der Waals surface area contributed by atoms with Gasteiger partial charge in [-0.05, 0) is 24.6 Å². The summed E-state index contributed by atoms with van der Waals surface area (Å²) in [6, 6.07) is 14.7. The molecule has 23 heavy (non-hydrogen) atoms. The number of benzene rings is 2. The van der Waals surface area contributed by atoms with Crippen LogP contribution in [0, 0.1) is 5.82 Å². The fourth-order valence-corrected chi connectivity index (χ4v) is 1.87. The molecule has 0 aliphatic rings. The lowest BCUT2D eigenvalue weighted by molar-refractivity contribution is -0.888. The predicted molar refractivity (Wildman–Crippen MR) is 84.4 cm³/mol. The van der Waals surface area contributed by atoms with Crippen molar-refractivity contribution in [3.05, 3.63) is 71.5 Å². The van der Waals surface area contributed by atoms with Crippen molar-refractivity contribution in [2.24, 2.45) is 0 Å². The fourth-order valence-electron chi connectivity index (χ4n) is 1.87. The summed E-state index contributed by atoms with van der Waals surface area (Å²) < 4.78 is 12.2. The van der Waals surface area contributed by atoms with Crippen molar-refractivity contribution in [2.45, 2.75) is 19.1 Å². The largest absolute Gasteiger partial charge is 0.545 e. The van der Waals surface area contributed by atoms with Crippen LogP contribution in [-0.2, 0) is 0 Å². The summed E-state index contributed by atoms with van der Waals surface area (Å²) in [5, 5.41) is 20.0. The lowest BCUT2D eigenvalue weighted by Gasteiger charge is -2.22. The summed E-state index contributed by atoms with van der Waals surface area (Å²) in [4.78, 5) is 11.3. The molecule has 0 aliphatic heterocycles. The van der Waals surface area contributed by atoms with Crippen molar-refractivity contribution in [3.63, 3.8) is 0 Å². The summed E-state index contributed by atoms with van der Waals surface area (Å²) in [5.74, 6) is -1.93. The van der Waals surface area contributed by atoms with Gasteiger partial charge in [0.15, 0.2) is 0 Å². The monoisotopic (exact) mass is 319 g/mol. The minimum absolute atomic E-state index is 0.139. The molecule has 0 heterocycles. The maximum absolute atomic E-state index is 12.2. The highest BCUT2D eigenvalue weighted by molar-refractivity contribution is 5.85. The number of hydrogen-bond donors (Lipinski definition) is 2. The van der Waals surface area contributed by atoms with Gasteiger partial charge in [0.05, 0.1) is 20.1 Å². The normalized spacial score (nSPS) is 13.0. The fraction of sp³-hybridized carbons (Fsp3) is 0.278. The molecule has 2 aromatic rings. The van der Waals surface area contributed by atoms with Crippen LogP contribution in [0.4, 0.5) is 4.39 Å². The van der Waals surface area contributed by atoms with Gasteiger partial charge in [0.25, 0.3) is 0 Å². The first-order valence-electron chi connectivity index (χ1n) is 7.33. The maximum atomic E-state index is 12.2. The number of halogens is 1. The maximum Gasteiger partial charge on any atom is 0.130 e. The number of carboxylic acid groups (broad SMARTS) is 1. The molecule has 2 rings (SSSR count). The summed E-state index contributed by atoms with van der Waals surface area (Å²) in [6.07, 6.45) is -0.369. The number of aliphatic hydroxyl groups excluding tert-OH is 1. The molecule has 2 aromatic carbocycles. The van der Waals surface area contributed by atoms with Crippen LogP contribution in [-0.4, -0.2) is 31.2 Å². The van der Waals surface area contributed by atoms with Crippen molar-refractivity contribution in [1.82, 2.24) is 0 Å². The molecule has 2 atom stereocenters. The van der Waals surface area contributed by atoms with E-state index < -0.39 is 11.8 Å². The zero-order chi connectivity index (χ0) is 17.4. The van der Waals surface area contributed by atoms with Crippen LogP contribution < -0.4 is 10.0 Å². The molecule has 0 saturated heterocycles. The van der Waals surface area contributed by atoms with E-state index in [2.05, 4.69) is 14.1 Å². The average molecular weight is 319 g/mol. The minimum atomic E-state index is -1.36. The molecule has 0 radical (unpaired) electrons. The molecular formula is C18H22FNO3. The Morgan fingerprint density at radius 1 is 1.13 bits per heavy atom. The average Bonchev–Trinajstić information content (AvgIpc) is 2.54. The van der Waals surface area contributed by atoms with Crippen molar-refractivity contribution >= 4 is 5.97 Å². The van der Waals surface area contributed by atoms with E-state index in [9.17, 15) is 19.4 Å². The van der Waals surface area contributed by atoms with Gasteiger partial charge in [0, 0.05) is 5.56 Å². The topological polar surface area (TPSA) is 64.8 Å². The van der Waals surface area contributed by atoms with Crippen LogP contribution >= 0.6 is 0 Å². The molecule has 0 fully saturated rings. The van der Waals surface area contributed by atoms with Crippen LogP contribution in [0.3, 0.4) is 0 Å². The first-order valence-corrected chi connectivity index (χ1v) is 7.33. The molecular weight excluding hydrogens is 297 g/mol. The van der Waals surface area contributed by atoms with Gasteiger partial charge >= 0.3 is 0 Å². The summed E-state index contributed by atoms with van der Waals surface area (Å²) in [6.45, 7) is 2.05. The van der Waals surface area contributed by atoms with Crippen molar-refractivity contribution in [3.8, 4) is 0 Å². The highest BCUT2D eigenvalue weighted by Crippen LogP contribution is 2.13. The van der Waals surface area contributed by atoms with E-state index in [0.29, 0.717) is 0 Å². The van der Waals surface area contributed by atoms with Crippen LogP contribution in [0.25, 0.3) is 0 Å². The minimum Gasteiger partial charge on any atom is -0.545 e. The number of aromatic carboxylic acids is 1. The first-order chi connectivity index (χ1) is 10.8. The van der Waals surface area contributed by atoms with E-state index in [1.54, 1.807) is 0 Å². The number of carboxylic acids is 1. The summed E-state index contributed by atoms with van der Waals surface area (Å²) in [7, 11) is 4.10. The summed E-state index contributed by atoms with van der Waals surface area (Å²) in [5.41, 5.74) is 0.858. The molecule has 0 aromatic heterocycles. The Hall–Kier alpha value is -2.24. The van der Waals surface area contributed by atoms with Gasteiger partial charge in [0.1, 0.15) is 18.0 Å². The van der Waals surface area contributed by atoms with Gasteiger partial charge in [-0.1, -0.05) is 42.5 Å². The second kappa shape index (κ2) is 9.02. The Morgan fingerprint density at radius 2 is 1.74 bits per heavy atom. The molecule has 2 N–H and O–H groups in total. The number of quaternary nitrogens is 1. The number of carbonyl (C=O) groups excluding carboxylic acids is 1. The van der Waals surface area contributed by atoms with Crippen LogP contribution in [0.5, 0.6) is 0 Å². The molecule has 0 saturated carbocycles. The number of rotatable bonds is 4. The smallest absolute Gasteiger partial charge is 0.130 e. The molecule has 0 bridgehead atoms. The second-order valence-electron chi connectivity index (χ2n) is 5.52. The van der Waals surface area contributed by atoms with Gasteiger partial charge in [-0.15, -0.1) is 0 Å². The third kappa shape index (κ3) is 6.18. The molecule has 5 heteroatoms. The zero-order valence-corrected chi connectivity index (χ0v) is 13.5. The predicted octanol–water partition coefficient (Wildman–Crippen LogP) is 0.442. The molecule has 0 amide bonds. The highest BCUT2D eigenvalue weighted by atomic mass is 19.1. The summed E-state index contributed by atoms with van der Waals surface area (Å²) >= 11 is 0.